The first kappa shape index (κ1) is 19.1. The second-order valence-electron chi connectivity index (χ2n) is 6.81. The molecule has 0 unspecified atom stereocenters. The Kier molecular flexibility index (Phi) is 5.52. The van der Waals surface area contributed by atoms with Gasteiger partial charge in [-0.15, -0.1) is 0 Å². The summed E-state index contributed by atoms with van der Waals surface area (Å²) in [6.07, 6.45) is 2.75. The van der Waals surface area contributed by atoms with Gasteiger partial charge in [-0.3, -0.25) is 4.79 Å². The lowest BCUT2D eigenvalue weighted by Crippen LogP contribution is -2.46. The van der Waals surface area contributed by atoms with Gasteiger partial charge in [0, 0.05) is 31.5 Å². The number of hydrogen-bond acceptors (Lipinski definition) is 6. The molecule has 0 aromatic heterocycles. The Morgan fingerprint density at radius 2 is 2.04 bits per heavy atom. The van der Waals surface area contributed by atoms with Gasteiger partial charge in [0.15, 0.2) is 0 Å². The summed E-state index contributed by atoms with van der Waals surface area (Å²) < 4.78 is 38.3. The lowest BCUT2D eigenvalue weighted by molar-refractivity contribution is -0.130. The molecule has 2 aliphatic rings. The van der Waals surface area contributed by atoms with Crippen LogP contribution in [-0.2, 0) is 19.6 Å². The van der Waals surface area contributed by atoms with Crippen molar-refractivity contribution in [2.45, 2.75) is 36.6 Å². The van der Waals surface area contributed by atoms with E-state index in [2.05, 4.69) is 10.0 Å². The van der Waals surface area contributed by atoms with Crippen molar-refractivity contribution in [2.75, 3.05) is 32.2 Å². The van der Waals surface area contributed by atoms with Crippen molar-refractivity contribution in [3.8, 4) is 5.75 Å². The minimum absolute atomic E-state index is 0.0125. The topological polar surface area (TPSA) is 120 Å². The molecule has 1 aromatic carbocycles. The predicted octanol–water partition coefficient (Wildman–Crippen LogP) is 0.830. The minimum atomic E-state index is -3.71. The molecule has 144 valence electrons. The third kappa shape index (κ3) is 4.01. The van der Waals surface area contributed by atoms with Gasteiger partial charge in [-0.1, -0.05) is 0 Å². The molecule has 1 aliphatic heterocycles. The summed E-state index contributed by atoms with van der Waals surface area (Å²) in [4.78, 5) is 12.8. The van der Waals surface area contributed by atoms with Crippen LogP contribution in [0.15, 0.2) is 23.1 Å². The van der Waals surface area contributed by atoms with Gasteiger partial charge in [-0.05, 0) is 43.9 Å². The first-order chi connectivity index (χ1) is 12.4. The molecule has 0 atom stereocenters. The number of rotatable bonds is 7. The third-order valence-corrected chi connectivity index (χ3v) is 6.47. The van der Waals surface area contributed by atoms with E-state index < -0.39 is 15.4 Å². The maximum Gasteiger partial charge on any atom is 0.244 e. The Morgan fingerprint density at radius 1 is 1.35 bits per heavy atom. The minimum Gasteiger partial charge on any atom is -0.495 e. The zero-order valence-electron chi connectivity index (χ0n) is 14.8. The molecule has 4 N–H and O–H groups in total. The molecule has 1 saturated carbocycles. The average molecular weight is 383 g/mol. The highest BCUT2D eigenvalue weighted by atomic mass is 32.2. The molecule has 3 rings (SSSR count). The summed E-state index contributed by atoms with van der Waals surface area (Å²) in [7, 11) is -2.30. The molecule has 1 aliphatic carbocycles. The van der Waals surface area contributed by atoms with Crippen LogP contribution in [0.2, 0.25) is 0 Å². The monoisotopic (exact) mass is 383 g/mol. The number of carbonyl (C=O) groups is 1. The number of amides is 1. The molecule has 1 saturated heterocycles. The van der Waals surface area contributed by atoms with Gasteiger partial charge in [0.1, 0.15) is 10.6 Å². The number of ether oxygens (including phenoxy) is 2. The molecule has 0 bridgehead atoms. The number of sulfonamides is 1. The summed E-state index contributed by atoms with van der Waals surface area (Å²) in [6, 6.07) is 4.56. The van der Waals surface area contributed by atoms with Gasteiger partial charge in [0.25, 0.3) is 0 Å². The molecule has 8 nitrogen and oxygen atoms in total. The zero-order chi connectivity index (χ0) is 18.8. The van der Waals surface area contributed by atoms with E-state index in [0.717, 1.165) is 12.8 Å². The summed E-state index contributed by atoms with van der Waals surface area (Å²) >= 11 is 0. The fourth-order valence-corrected chi connectivity index (χ4v) is 4.50. The first-order valence-corrected chi connectivity index (χ1v) is 10.2. The zero-order valence-corrected chi connectivity index (χ0v) is 15.6. The van der Waals surface area contributed by atoms with Crippen LogP contribution in [0, 0.1) is 5.41 Å². The molecule has 1 heterocycles. The summed E-state index contributed by atoms with van der Waals surface area (Å²) in [5.74, 6) is 0.0164. The van der Waals surface area contributed by atoms with Crippen LogP contribution in [0.4, 0.5) is 5.69 Å². The molecule has 1 aromatic rings. The van der Waals surface area contributed by atoms with Crippen molar-refractivity contribution < 1.29 is 22.7 Å². The number of anilines is 1. The maximum atomic E-state index is 12.8. The Bertz CT molecular complexity index is 771. The summed E-state index contributed by atoms with van der Waals surface area (Å²) in [6.45, 7) is 1.18. The molecule has 9 heteroatoms. The Hall–Kier alpha value is -1.68. The smallest absolute Gasteiger partial charge is 0.244 e. The standard InChI is InChI=1S/C17H25N3O5S/c1-24-14-5-4-13(10-15(14)26(22,23)20-12-2-3-12)19-16(21)17(11-18)6-8-25-9-7-17/h4-5,10,12,20H,2-3,6-9,11,18H2,1H3,(H,19,21). The van der Waals surface area contributed by atoms with Crippen LogP contribution >= 0.6 is 0 Å². The molecule has 2 fully saturated rings. The highest BCUT2D eigenvalue weighted by molar-refractivity contribution is 7.89. The van der Waals surface area contributed by atoms with E-state index in [1.54, 1.807) is 6.07 Å². The first-order valence-electron chi connectivity index (χ1n) is 8.70. The third-order valence-electron chi connectivity index (χ3n) is 4.93. The molecule has 1 amide bonds. The predicted molar refractivity (Wildman–Crippen MR) is 96.5 cm³/mol. The quantitative estimate of drug-likeness (QED) is 0.641. The highest BCUT2D eigenvalue weighted by Gasteiger charge is 2.39. The Morgan fingerprint density at radius 3 is 2.62 bits per heavy atom. The van der Waals surface area contributed by atoms with E-state index in [4.69, 9.17) is 15.2 Å². The molecule has 26 heavy (non-hydrogen) atoms. The second kappa shape index (κ2) is 7.51. The van der Waals surface area contributed by atoms with Gasteiger partial charge in [-0.2, -0.15) is 0 Å². The second-order valence-corrected chi connectivity index (χ2v) is 8.49. The SMILES string of the molecule is COc1ccc(NC(=O)C2(CN)CCOCC2)cc1S(=O)(=O)NC1CC1. The Labute approximate surface area is 153 Å². The molecule has 0 radical (unpaired) electrons. The van der Waals surface area contributed by atoms with Crippen molar-refractivity contribution in [1.82, 2.24) is 4.72 Å². The van der Waals surface area contributed by atoms with E-state index in [1.165, 1.54) is 19.2 Å². The van der Waals surface area contributed by atoms with Gasteiger partial charge in [0.05, 0.1) is 12.5 Å². The molecule has 0 spiro atoms. The molecular formula is C17H25N3O5S. The van der Waals surface area contributed by atoms with Gasteiger partial charge < -0.3 is 20.5 Å². The van der Waals surface area contributed by atoms with Crippen molar-refractivity contribution in [2.24, 2.45) is 11.1 Å². The van der Waals surface area contributed by atoms with Gasteiger partial charge in [0.2, 0.25) is 15.9 Å². The van der Waals surface area contributed by atoms with Crippen molar-refractivity contribution >= 4 is 21.6 Å². The highest BCUT2D eigenvalue weighted by Crippen LogP contribution is 2.33. The number of nitrogens with one attached hydrogen (secondary N) is 2. The van der Waals surface area contributed by atoms with Gasteiger partial charge >= 0.3 is 0 Å². The van der Waals surface area contributed by atoms with Gasteiger partial charge in [-0.25, -0.2) is 13.1 Å². The molecular weight excluding hydrogens is 358 g/mol. The van der Waals surface area contributed by atoms with E-state index >= 15 is 0 Å². The van der Waals surface area contributed by atoms with E-state index in [0.29, 0.717) is 31.7 Å². The summed E-state index contributed by atoms with van der Waals surface area (Å²) in [5.41, 5.74) is 5.56. The normalized spacial score (nSPS) is 19.8. The largest absolute Gasteiger partial charge is 0.495 e. The van der Waals surface area contributed by atoms with E-state index in [9.17, 15) is 13.2 Å². The number of carbonyl (C=O) groups excluding carboxylic acids is 1. The van der Waals surface area contributed by atoms with Crippen molar-refractivity contribution in [3.05, 3.63) is 18.2 Å². The Balaban J connectivity index is 1.84. The van der Waals surface area contributed by atoms with Crippen LogP contribution < -0.4 is 20.5 Å². The van der Waals surface area contributed by atoms with Crippen LogP contribution in [0.5, 0.6) is 5.75 Å². The maximum absolute atomic E-state index is 12.8. The fraction of sp³-hybridized carbons (Fsp3) is 0.588. The summed E-state index contributed by atoms with van der Waals surface area (Å²) in [5, 5.41) is 2.81. The van der Waals surface area contributed by atoms with Crippen molar-refractivity contribution in [3.63, 3.8) is 0 Å². The van der Waals surface area contributed by atoms with Crippen LogP contribution in [0.3, 0.4) is 0 Å². The van der Waals surface area contributed by atoms with Crippen LogP contribution in [0.25, 0.3) is 0 Å². The number of methoxy groups -OCH3 is 1. The number of hydrogen-bond donors (Lipinski definition) is 3. The lowest BCUT2D eigenvalue weighted by Gasteiger charge is -2.34. The van der Waals surface area contributed by atoms with E-state index in [-0.39, 0.29) is 29.1 Å². The van der Waals surface area contributed by atoms with E-state index in [1.807, 2.05) is 0 Å². The van der Waals surface area contributed by atoms with Crippen LogP contribution in [0.1, 0.15) is 25.7 Å². The average Bonchev–Trinajstić information content (AvgIpc) is 3.45. The number of benzene rings is 1. The lowest BCUT2D eigenvalue weighted by atomic mass is 9.79. The fourth-order valence-electron chi connectivity index (χ4n) is 3.00. The van der Waals surface area contributed by atoms with Crippen molar-refractivity contribution in [1.29, 1.82) is 0 Å². The number of nitrogens with two attached hydrogens (primary N) is 1. The van der Waals surface area contributed by atoms with Crippen LogP contribution in [-0.4, -0.2) is 47.2 Å².